The maximum absolute atomic E-state index is 12.4. The second-order valence-electron chi connectivity index (χ2n) is 6.61. The van der Waals surface area contributed by atoms with Crippen LogP contribution in [0.2, 0.25) is 5.02 Å². The lowest BCUT2D eigenvalue weighted by Gasteiger charge is -2.11. The van der Waals surface area contributed by atoms with Crippen molar-refractivity contribution in [3.05, 3.63) is 58.6 Å². The number of nitrogens with zero attached hydrogens (tertiary/aromatic N) is 3. The normalized spacial score (nSPS) is 10.9. The van der Waals surface area contributed by atoms with E-state index in [0.29, 0.717) is 23.3 Å². The number of hydrogen-bond donors (Lipinski definition) is 1. The Morgan fingerprint density at radius 1 is 1.17 bits per heavy atom. The number of carbonyl (C=O) groups is 1. The van der Waals surface area contributed by atoms with Gasteiger partial charge in [0, 0.05) is 23.4 Å². The molecule has 0 fully saturated rings. The van der Waals surface area contributed by atoms with Crippen molar-refractivity contribution in [2.75, 3.05) is 24.8 Å². The molecule has 0 aliphatic heterocycles. The first-order valence-electron chi connectivity index (χ1n) is 9.16. The number of aryl methyl sites for hydroxylation is 2. The monoisotopic (exact) mass is 430 g/mol. The first-order valence-corrected chi connectivity index (χ1v) is 10.5. The molecule has 0 saturated heterocycles. The molecule has 0 unspecified atom stereocenters. The summed E-state index contributed by atoms with van der Waals surface area (Å²) in [4.78, 5) is 12.4. The van der Waals surface area contributed by atoms with Crippen molar-refractivity contribution in [1.29, 1.82) is 0 Å². The molecule has 0 radical (unpaired) electrons. The second-order valence-corrected chi connectivity index (χ2v) is 7.99. The third-order valence-electron chi connectivity index (χ3n) is 4.33. The molecule has 0 bridgehead atoms. The number of aromatic nitrogens is 3. The highest BCUT2D eigenvalue weighted by atomic mass is 35.5. The molecule has 29 heavy (non-hydrogen) atoms. The van der Waals surface area contributed by atoms with Gasteiger partial charge in [-0.2, -0.15) is 0 Å². The zero-order valence-corrected chi connectivity index (χ0v) is 18.2. The number of anilines is 1. The summed E-state index contributed by atoms with van der Waals surface area (Å²) in [7, 11) is 1.65. The highest BCUT2D eigenvalue weighted by Crippen LogP contribution is 2.25. The van der Waals surface area contributed by atoms with Crippen molar-refractivity contribution in [2.24, 2.45) is 0 Å². The summed E-state index contributed by atoms with van der Waals surface area (Å²) in [6.45, 7) is 5.11. The van der Waals surface area contributed by atoms with Crippen LogP contribution < -0.4 is 5.32 Å². The summed E-state index contributed by atoms with van der Waals surface area (Å²) < 4.78 is 7.18. The minimum Gasteiger partial charge on any atom is -0.383 e. The van der Waals surface area contributed by atoms with Crippen molar-refractivity contribution in [3.8, 4) is 11.4 Å². The molecule has 0 aliphatic carbocycles. The molecule has 152 valence electrons. The number of benzene rings is 2. The molecule has 0 aliphatic rings. The number of thioether (sulfide) groups is 1. The number of carbonyl (C=O) groups excluding carboxylic acids is 1. The zero-order valence-electron chi connectivity index (χ0n) is 16.6. The average Bonchev–Trinajstić information content (AvgIpc) is 3.10. The number of amides is 1. The molecule has 3 aromatic rings. The molecular weight excluding hydrogens is 408 g/mol. The van der Waals surface area contributed by atoms with Gasteiger partial charge in [0.1, 0.15) is 0 Å². The van der Waals surface area contributed by atoms with E-state index in [1.54, 1.807) is 7.11 Å². The molecule has 0 spiro atoms. The molecule has 2 aromatic carbocycles. The van der Waals surface area contributed by atoms with E-state index in [2.05, 4.69) is 15.5 Å². The number of rotatable bonds is 8. The molecule has 1 N–H and O–H groups in total. The average molecular weight is 431 g/mol. The van der Waals surface area contributed by atoms with Crippen molar-refractivity contribution in [1.82, 2.24) is 14.8 Å². The van der Waals surface area contributed by atoms with E-state index in [4.69, 9.17) is 16.3 Å². The summed E-state index contributed by atoms with van der Waals surface area (Å²) in [6, 6.07) is 13.4. The fourth-order valence-corrected chi connectivity index (χ4v) is 3.75. The quantitative estimate of drug-likeness (QED) is 0.529. The fourth-order valence-electron chi connectivity index (χ4n) is 2.86. The molecular formula is C21H23ClN4O2S. The van der Waals surface area contributed by atoms with Crippen LogP contribution in [-0.4, -0.2) is 40.1 Å². The Labute approximate surface area is 179 Å². The van der Waals surface area contributed by atoms with Crippen LogP contribution in [0.4, 0.5) is 5.69 Å². The Morgan fingerprint density at radius 3 is 2.62 bits per heavy atom. The van der Waals surface area contributed by atoms with Crippen molar-refractivity contribution >= 4 is 35.0 Å². The SMILES string of the molecule is COCCn1c(SCC(=O)Nc2ccc(C)cc2C)nnc1-c1ccc(Cl)cc1. The van der Waals surface area contributed by atoms with Crippen LogP contribution in [0.1, 0.15) is 11.1 Å². The van der Waals surface area contributed by atoms with Gasteiger partial charge in [-0.15, -0.1) is 10.2 Å². The van der Waals surface area contributed by atoms with Gasteiger partial charge in [0.15, 0.2) is 11.0 Å². The smallest absolute Gasteiger partial charge is 0.234 e. The number of ether oxygens (including phenoxy) is 1. The predicted molar refractivity (Wildman–Crippen MR) is 118 cm³/mol. The van der Waals surface area contributed by atoms with E-state index >= 15 is 0 Å². The molecule has 6 nitrogen and oxygen atoms in total. The van der Waals surface area contributed by atoms with Crippen molar-refractivity contribution in [3.63, 3.8) is 0 Å². The van der Waals surface area contributed by atoms with Crippen molar-refractivity contribution < 1.29 is 9.53 Å². The Hall–Kier alpha value is -2.35. The van der Waals surface area contributed by atoms with Gasteiger partial charge in [-0.1, -0.05) is 41.1 Å². The van der Waals surface area contributed by atoms with Crippen LogP contribution >= 0.6 is 23.4 Å². The highest BCUT2D eigenvalue weighted by molar-refractivity contribution is 7.99. The molecule has 1 amide bonds. The van der Waals surface area contributed by atoms with Gasteiger partial charge in [-0.05, 0) is 49.7 Å². The van der Waals surface area contributed by atoms with Crippen LogP contribution in [0.25, 0.3) is 11.4 Å². The second kappa shape index (κ2) is 9.91. The number of methoxy groups -OCH3 is 1. The maximum atomic E-state index is 12.4. The molecule has 0 saturated carbocycles. The lowest BCUT2D eigenvalue weighted by atomic mass is 10.1. The van der Waals surface area contributed by atoms with Gasteiger partial charge >= 0.3 is 0 Å². The third-order valence-corrected chi connectivity index (χ3v) is 5.55. The number of halogens is 1. The van der Waals surface area contributed by atoms with Crippen LogP contribution in [0.15, 0.2) is 47.6 Å². The summed E-state index contributed by atoms with van der Waals surface area (Å²) in [6.07, 6.45) is 0. The molecule has 1 heterocycles. The Bertz CT molecular complexity index is 989. The van der Waals surface area contributed by atoms with Gasteiger partial charge in [-0.25, -0.2) is 0 Å². The van der Waals surface area contributed by atoms with Crippen LogP contribution in [-0.2, 0) is 16.1 Å². The summed E-state index contributed by atoms with van der Waals surface area (Å²) in [5.74, 6) is 0.867. The molecule has 8 heteroatoms. The van der Waals surface area contributed by atoms with Gasteiger partial charge < -0.3 is 10.1 Å². The van der Waals surface area contributed by atoms with Gasteiger partial charge in [0.05, 0.1) is 18.9 Å². The minimum absolute atomic E-state index is 0.0868. The maximum Gasteiger partial charge on any atom is 0.234 e. The number of nitrogens with one attached hydrogen (secondary N) is 1. The van der Waals surface area contributed by atoms with Crippen molar-refractivity contribution in [2.45, 2.75) is 25.5 Å². The molecule has 3 rings (SSSR count). The van der Waals surface area contributed by atoms with Gasteiger partial charge in [0.25, 0.3) is 0 Å². The van der Waals surface area contributed by atoms with E-state index in [0.717, 1.165) is 28.2 Å². The first kappa shape index (κ1) is 21.4. The topological polar surface area (TPSA) is 69.0 Å². The molecule has 0 atom stereocenters. The van der Waals surface area contributed by atoms with Gasteiger partial charge in [-0.3, -0.25) is 9.36 Å². The largest absolute Gasteiger partial charge is 0.383 e. The Morgan fingerprint density at radius 2 is 1.93 bits per heavy atom. The van der Waals surface area contributed by atoms with E-state index in [1.807, 2.05) is 60.9 Å². The van der Waals surface area contributed by atoms with Crippen LogP contribution in [0.5, 0.6) is 0 Å². The highest BCUT2D eigenvalue weighted by Gasteiger charge is 2.16. The summed E-state index contributed by atoms with van der Waals surface area (Å²) in [5.41, 5.74) is 3.93. The number of hydrogen-bond acceptors (Lipinski definition) is 5. The minimum atomic E-state index is -0.0868. The first-order chi connectivity index (χ1) is 14.0. The van der Waals surface area contributed by atoms with E-state index in [9.17, 15) is 4.79 Å². The molecule has 1 aromatic heterocycles. The lowest BCUT2D eigenvalue weighted by Crippen LogP contribution is -2.16. The lowest BCUT2D eigenvalue weighted by molar-refractivity contribution is -0.113. The standard InChI is InChI=1S/C21H23ClN4O2S/c1-14-4-9-18(15(2)12-14)23-19(27)13-29-21-25-24-20(26(21)10-11-28-3)16-5-7-17(22)8-6-16/h4-9,12H,10-11,13H2,1-3H3,(H,23,27). The fraction of sp³-hybridized carbons (Fsp3) is 0.286. The predicted octanol–water partition coefficient (Wildman–Crippen LogP) is 4.59. The Balaban J connectivity index is 1.72. The third kappa shape index (κ3) is 5.59. The van der Waals surface area contributed by atoms with E-state index in [-0.39, 0.29) is 11.7 Å². The Kier molecular flexibility index (Phi) is 7.30. The van der Waals surface area contributed by atoms with Gasteiger partial charge in [0.2, 0.25) is 5.91 Å². The van der Waals surface area contributed by atoms with E-state index in [1.165, 1.54) is 11.8 Å². The zero-order chi connectivity index (χ0) is 20.8. The summed E-state index contributed by atoms with van der Waals surface area (Å²) in [5, 5.41) is 12.9. The van der Waals surface area contributed by atoms with Crippen LogP contribution in [0, 0.1) is 13.8 Å². The van der Waals surface area contributed by atoms with Crippen LogP contribution in [0.3, 0.4) is 0 Å². The van der Waals surface area contributed by atoms with E-state index < -0.39 is 0 Å². The summed E-state index contributed by atoms with van der Waals surface area (Å²) >= 11 is 7.34.